The van der Waals surface area contributed by atoms with Crippen molar-refractivity contribution in [3.05, 3.63) is 21.3 Å². The highest BCUT2D eigenvalue weighted by molar-refractivity contribution is 14.1. The number of ether oxygens (including phenoxy) is 3. The van der Waals surface area contributed by atoms with E-state index in [-0.39, 0.29) is 12.6 Å². The van der Waals surface area contributed by atoms with E-state index in [2.05, 4.69) is 22.6 Å². The van der Waals surface area contributed by atoms with Crippen molar-refractivity contribution in [2.24, 2.45) is 0 Å². The molecule has 0 aliphatic carbocycles. The first-order chi connectivity index (χ1) is 8.93. The van der Waals surface area contributed by atoms with Crippen LogP contribution in [0.15, 0.2) is 12.1 Å². The zero-order chi connectivity index (χ0) is 14.4. The molecule has 19 heavy (non-hydrogen) atoms. The van der Waals surface area contributed by atoms with E-state index in [4.69, 9.17) is 14.2 Å². The predicted molar refractivity (Wildman–Crippen MR) is 77.4 cm³/mol. The molecule has 0 saturated carbocycles. The van der Waals surface area contributed by atoms with Crippen LogP contribution in [0.1, 0.15) is 19.4 Å². The highest BCUT2D eigenvalue weighted by atomic mass is 127. The zero-order valence-electron chi connectivity index (χ0n) is 11.0. The monoisotopic (exact) mass is 378 g/mol. The van der Waals surface area contributed by atoms with Gasteiger partial charge in [0.05, 0.1) is 17.3 Å². The van der Waals surface area contributed by atoms with Crippen LogP contribution < -0.4 is 9.47 Å². The molecule has 0 fully saturated rings. The number of carbonyl (C=O) groups excluding carboxylic acids is 2. The van der Waals surface area contributed by atoms with Crippen molar-refractivity contribution in [3.8, 4) is 11.5 Å². The molecule has 0 atom stereocenters. The Morgan fingerprint density at radius 2 is 1.84 bits per heavy atom. The van der Waals surface area contributed by atoms with Gasteiger partial charge in [0.15, 0.2) is 0 Å². The quantitative estimate of drug-likeness (QED) is 0.447. The average Bonchev–Trinajstić information content (AvgIpc) is 2.30. The van der Waals surface area contributed by atoms with Crippen molar-refractivity contribution < 1.29 is 23.8 Å². The molecule has 0 radical (unpaired) electrons. The van der Waals surface area contributed by atoms with E-state index in [1.54, 1.807) is 19.2 Å². The lowest BCUT2D eigenvalue weighted by molar-refractivity contribution is -0.141. The summed E-state index contributed by atoms with van der Waals surface area (Å²) in [7, 11) is 1.57. The molecule has 0 aliphatic heterocycles. The summed E-state index contributed by atoms with van der Waals surface area (Å²) >= 11 is 2.10. The summed E-state index contributed by atoms with van der Waals surface area (Å²) in [5.41, 5.74) is 0.758. The summed E-state index contributed by atoms with van der Waals surface area (Å²) < 4.78 is 16.1. The lowest BCUT2D eigenvalue weighted by Crippen LogP contribution is -2.08. The van der Waals surface area contributed by atoms with E-state index in [0.717, 1.165) is 9.13 Å². The van der Waals surface area contributed by atoms with Crippen molar-refractivity contribution in [1.29, 1.82) is 0 Å². The second-order valence-electron chi connectivity index (χ2n) is 3.78. The highest BCUT2D eigenvalue weighted by Gasteiger charge is 2.12. The second-order valence-corrected chi connectivity index (χ2v) is 4.94. The summed E-state index contributed by atoms with van der Waals surface area (Å²) in [5, 5.41) is 0. The van der Waals surface area contributed by atoms with E-state index in [1.807, 2.05) is 0 Å². The van der Waals surface area contributed by atoms with Crippen LogP contribution in [0.2, 0.25) is 0 Å². The van der Waals surface area contributed by atoms with Gasteiger partial charge >= 0.3 is 11.9 Å². The lowest BCUT2D eigenvalue weighted by atomic mass is 10.1. The Hall–Kier alpha value is -1.31. The van der Waals surface area contributed by atoms with Gasteiger partial charge in [0.1, 0.15) is 11.5 Å². The largest absolute Gasteiger partial charge is 0.496 e. The maximum Gasteiger partial charge on any atom is 0.308 e. The summed E-state index contributed by atoms with van der Waals surface area (Å²) in [5.74, 6) is 0.417. The summed E-state index contributed by atoms with van der Waals surface area (Å²) in [4.78, 5) is 21.8. The molecule has 0 saturated heterocycles. The number of carbonyl (C=O) groups is 2. The fraction of sp³-hybridized carbons (Fsp3) is 0.385. The standard InChI is InChI=1S/C13H15IO5/c1-8(15)18-5-4-10-6-13(17-3)11(14)7-12(10)19-9(2)16/h6-7H,4-5H2,1-3H3. The summed E-state index contributed by atoms with van der Waals surface area (Å²) in [6.07, 6.45) is 0.454. The molecule has 0 N–H and O–H groups in total. The number of methoxy groups -OCH3 is 1. The Morgan fingerprint density at radius 3 is 2.37 bits per heavy atom. The van der Waals surface area contributed by atoms with Gasteiger partial charge in [-0.15, -0.1) is 0 Å². The minimum Gasteiger partial charge on any atom is -0.496 e. The molecule has 1 rings (SSSR count). The van der Waals surface area contributed by atoms with Crippen LogP contribution in [0.25, 0.3) is 0 Å². The van der Waals surface area contributed by atoms with Crippen molar-refractivity contribution in [2.75, 3.05) is 13.7 Å². The van der Waals surface area contributed by atoms with Gasteiger partial charge in [-0.25, -0.2) is 0 Å². The van der Waals surface area contributed by atoms with Crippen molar-refractivity contribution in [2.45, 2.75) is 20.3 Å². The van der Waals surface area contributed by atoms with Crippen LogP contribution in [0.4, 0.5) is 0 Å². The van der Waals surface area contributed by atoms with Gasteiger partial charge in [0, 0.05) is 25.8 Å². The lowest BCUT2D eigenvalue weighted by Gasteiger charge is -2.12. The second kappa shape index (κ2) is 7.32. The molecule has 0 amide bonds. The fourth-order valence-electron chi connectivity index (χ4n) is 1.48. The summed E-state index contributed by atoms with van der Waals surface area (Å²) in [6.45, 7) is 2.92. The van der Waals surface area contributed by atoms with Gasteiger partial charge in [-0.3, -0.25) is 9.59 Å². The minimum atomic E-state index is -0.394. The smallest absolute Gasteiger partial charge is 0.308 e. The molecule has 104 valence electrons. The minimum absolute atomic E-state index is 0.230. The predicted octanol–water partition coefficient (Wildman–Crippen LogP) is 2.33. The van der Waals surface area contributed by atoms with Gasteiger partial charge in [-0.2, -0.15) is 0 Å². The van der Waals surface area contributed by atoms with E-state index >= 15 is 0 Å². The molecular formula is C13H15IO5. The summed E-state index contributed by atoms with van der Waals surface area (Å²) in [6, 6.07) is 3.51. The molecule has 6 heteroatoms. The molecule has 0 bridgehead atoms. The highest BCUT2D eigenvalue weighted by Crippen LogP contribution is 2.30. The first-order valence-electron chi connectivity index (χ1n) is 5.62. The molecule has 0 aromatic heterocycles. The Labute approximate surface area is 125 Å². The molecule has 1 aromatic rings. The van der Waals surface area contributed by atoms with Gasteiger partial charge < -0.3 is 14.2 Å². The first-order valence-corrected chi connectivity index (χ1v) is 6.70. The van der Waals surface area contributed by atoms with Crippen LogP contribution in [-0.4, -0.2) is 25.7 Å². The van der Waals surface area contributed by atoms with Crippen LogP contribution in [0.3, 0.4) is 0 Å². The van der Waals surface area contributed by atoms with Gasteiger partial charge in [-0.1, -0.05) is 0 Å². The Kier molecular flexibility index (Phi) is 6.07. The van der Waals surface area contributed by atoms with Crippen molar-refractivity contribution in [3.63, 3.8) is 0 Å². The van der Waals surface area contributed by atoms with E-state index in [9.17, 15) is 9.59 Å². The molecule has 0 spiro atoms. The fourth-order valence-corrected chi connectivity index (χ4v) is 2.14. The number of benzene rings is 1. The van der Waals surface area contributed by atoms with Crippen molar-refractivity contribution >= 4 is 34.5 Å². The van der Waals surface area contributed by atoms with Gasteiger partial charge in [0.2, 0.25) is 0 Å². The van der Waals surface area contributed by atoms with E-state index in [0.29, 0.717) is 17.9 Å². The normalized spacial score (nSPS) is 9.89. The number of esters is 2. The molecular weight excluding hydrogens is 363 g/mol. The molecule has 5 nitrogen and oxygen atoms in total. The zero-order valence-corrected chi connectivity index (χ0v) is 13.1. The maximum atomic E-state index is 11.1. The number of hydrogen-bond donors (Lipinski definition) is 0. The molecule has 1 aromatic carbocycles. The third-order valence-corrected chi connectivity index (χ3v) is 3.11. The molecule has 0 unspecified atom stereocenters. The van der Waals surface area contributed by atoms with Gasteiger partial charge in [-0.05, 0) is 34.7 Å². The van der Waals surface area contributed by atoms with E-state index < -0.39 is 5.97 Å². The Balaban J connectivity index is 2.95. The maximum absolute atomic E-state index is 11.1. The first kappa shape index (κ1) is 15.7. The Bertz CT molecular complexity index is 484. The number of halogens is 1. The van der Waals surface area contributed by atoms with Crippen LogP contribution in [0.5, 0.6) is 11.5 Å². The molecule has 0 aliphatic rings. The number of rotatable bonds is 5. The third kappa shape index (κ3) is 5.06. The van der Waals surface area contributed by atoms with Crippen LogP contribution >= 0.6 is 22.6 Å². The average molecular weight is 378 g/mol. The SMILES string of the molecule is COc1cc(CCOC(C)=O)c(OC(C)=O)cc1I. The van der Waals surface area contributed by atoms with E-state index in [1.165, 1.54) is 13.8 Å². The molecule has 0 heterocycles. The van der Waals surface area contributed by atoms with Crippen LogP contribution in [0, 0.1) is 3.57 Å². The number of hydrogen-bond acceptors (Lipinski definition) is 5. The Morgan fingerprint density at radius 1 is 1.16 bits per heavy atom. The van der Waals surface area contributed by atoms with Gasteiger partial charge in [0.25, 0.3) is 0 Å². The third-order valence-electron chi connectivity index (χ3n) is 2.27. The topological polar surface area (TPSA) is 61.8 Å². The van der Waals surface area contributed by atoms with Crippen molar-refractivity contribution in [1.82, 2.24) is 0 Å². The van der Waals surface area contributed by atoms with Crippen LogP contribution in [-0.2, 0) is 20.7 Å².